The molecule has 234 valence electrons. The molecule has 5 nitrogen and oxygen atoms in total. The first-order valence-corrected chi connectivity index (χ1v) is 16.8. The standard InChI is InChI=1S/C45H29N5/c1-4-16-30(17-5-1)43-46-44(31-18-6-2-7-19-31)48-45(47-43)35-24-12-15-27-38(35)50-37-26-14-11-23-34(37)42-40(50)29-28-39-41(42)33-22-10-13-25-36(33)49(39)32-20-8-3-9-21-32/h1-29H. The van der Waals surface area contributed by atoms with Crippen molar-refractivity contribution in [1.82, 2.24) is 24.1 Å². The third-order valence-electron chi connectivity index (χ3n) is 9.57. The summed E-state index contributed by atoms with van der Waals surface area (Å²) in [7, 11) is 0. The number of para-hydroxylation sites is 4. The number of rotatable bonds is 5. The first kappa shape index (κ1) is 28.2. The molecule has 0 amide bonds. The van der Waals surface area contributed by atoms with Gasteiger partial charge in [0.15, 0.2) is 17.5 Å². The van der Waals surface area contributed by atoms with Crippen LogP contribution in [0.4, 0.5) is 0 Å². The van der Waals surface area contributed by atoms with Crippen LogP contribution in [0.2, 0.25) is 0 Å². The maximum Gasteiger partial charge on any atom is 0.166 e. The molecule has 0 saturated carbocycles. The average molecular weight is 640 g/mol. The second-order valence-corrected chi connectivity index (χ2v) is 12.4. The first-order valence-electron chi connectivity index (χ1n) is 16.8. The molecule has 0 radical (unpaired) electrons. The molecule has 10 rings (SSSR count). The summed E-state index contributed by atoms with van der Waals surface area (Å²) in [5.41, 5.74) is 9.59. The van der Waals surface area contributed by atoms with Crippen molar-refractivity contribution >= 4 is 43.6 Å². The van der Waals surface area contributed by atoms with Crippen molar-refractivity contribution in [2.45, 2.75) is 0 Å². The van der Waals surface area contributed by atoms with E-state index in [4.69, 9.17) is 15.0 Å². The SMILES string of the molecule is c1ccc(-c2nc(-c3ccccc3)nc(-c3ccccc3-n3c4ccccc4c4c5c6ccccc6n(-c6ccccc6)c5ccc43)n2)cc1. The van der Waals surface area contributed by atoms with Crippen molar-refractivity contribution in [2.24, 2.45) is 0 Å². The smallest absolute Gasteiger partial charge is 0.166 e. The second kappa shape index (κ2) is 11.4. The zero-order valence-electron chi connectivity index (χ0n) is 27.0. The fourth-order valence-electron chi connectivity index (χ4n) is 7.42. The minimum atomic E-state index is 0.626. The molecule has 0 atom stereocenters. The van der Waals surface area contributed by atoms with Gasteiger partial charge in [0.2, 0.25) is 0 Å². The Kier molecular flexibility index (Phi) is 6.42. The van der Waals surface area contributed by atoms with E-state index >= 15 is 0 Å². The fraction of sp³-hybridized carbons (Fsp3) is 0. The lowest BCUT2D eigenvalue weighted by molar-refractivity contribution is 1.06. The third-order valence-corrected chi connectivity index (χ3v) is 9.57. The van der Waals surface area contributed by atoms with Crippen LogP contribution in [0.5, 0.6) is 0 Å². The van der Waals surface area contributed by atoms with E-state index in [-0.39, 0.29) is 0 Å². The maximum absolute atomic E-state index is 5.12. The van der Waals surface area contributed by atoms with E-state index in [0.29, 0.717) is 17.5 Å². The Morgan fingerprint density at radius 3 is 1.36 bits per heavy atom. The minimum Gasteiger partial charge on any atom is -0.309 e. The quantitative estimate of drug-likeness (QED) is 0.188. The number of hydrogen-bond acceptors (Lipinski definition) is 3. The Hall–Kier alpha value is -6.85. The van der Waals surface area contributed by atoms with Crippen molar-refractivity contribution in [3.8, 4) is 45.5 Å². The largest absolute Gasteiger partial charge is 0.309 e. The van der Waals surface area contributed by atoms with E-state index < -0.39 is 0 Å². The maximum atomic E-state index is 5.12. The van der Waals surface area contributed by atoms with Crippen LogP contribution in [0, 0.1) is 0 Å². The summed E-state index contributed by atoms with van der Waals surface area (Å²) in [6, 6.07) is 61.3. The Morgan fingerprint density at radius 2 is 0.760 bits per heavy atom. The van der Waals surface area contributed by atoms with Crippen LogP contribution in [0.25, 0.3) is 89.2 Å². The molecule has 0 saturated heterocycles. The highest BCUT2D eigenvalue weighted by atomic mass is 15.1. The molecular weight excluding hydrogens is 611 g/mol. The highest BCUT2D eigenvalue weighted by Crippen LogP contribution is 2.43. The topological polar surface area (TPSA) is 48.5 Å². The summed E-state index contributed by atoms with van der Waals surface area (Å²) >= 11 is 0. The van der Waals surface area contributed by atoms with Crippen LogP contribution in [-0.4, -0.2) is 24.1 Å². The molecule has 3 heterocycles. The van der Waals surface area contributed by atoms with E-state index in [2.05, 4.69) is 124 Å². The summed E-state index contributed by atoms with van der Waals surface area (Å²) in [5, 5.41) is 4.90. The fourth-order valence-corrected chi connectivity index (χ4v) is 7.42. The van der Waals surface area contributed by atoms with Crippen LogP contribution in [0.15, 0.2) is 176 Å². The van der Waals surface area contributed by atoms with Gasteiger partial charge in [-0.3, -0.25) is 0 Å². The van der Waals surface area contributed by atoms with E-state index in [1.807, 2.05) is 60.7 Å². The van der Waals surface area contributed by atoms with Gasteiger partial charge in [0, 0.05) is 43.9 Å². The summed E-state index contributed by atoms with van der Waals surface area (Å²) in [6.45, 7) is 0. The van der Waals surface area contributed by atoms with E-state index in [1.165, 1.54) is 32.6 Å². The zero-order chi connectivity index (χ0) is 33.0. The van der Waals surface area contributed by atoms with Crippen LogP contribution in [0.1, 0.15) is 0 Å². The molecule has 0 aliphatic carbocycles. The molecule has 0 N–H and O–H groups in total. The van der Waals surface area contributed by atoms with Gasteiger partial charge in [-0.1, -0.05) is 127 Å². The summed E-state index contributed by atoms with van der Waals surface area (Å²) < 4.78 is 4.76. The lowest BCUT2D eigenvalue weighted by Gasteiger charge is -2.14. The molecule has 50 heavy (non-hydrogen) atoms. The van der Waals surface area contributed by atoms with Gasteiger partial charge in [0.05, 0.1) is 27.8 Å². The number of nitrogens with zero attached hydrogens (tertiary/aromatic N) is 5. The lowest BCUT2D eigenvalue weighted by Crippen LogP contribution is -2.03. The van der Waals surface area contributed by atoms with Crippen LogP contribution < -0.4 is 0 Å². The normalized spacial score (nSPS) is 11.6. The van der Waals surface area contributed by atoms with Gasteiger partial charge in [-0.25, -0.2) is 15.0 Å². The van der Waals surface area contributed by atoms with Gasteiger partial charge in [-0.05, 0) is 48.5 Å². The molecule has 0 aliphatic rings. The third kappa shape index (κ3) is 4.37. The molecule has 0 fully saturated rings. The summed E-state index contributed by atoms with van der Waals surface area (Å²) in [4.78, 5) is 15.2. The number of fused-ring (bicyclic) bond motifs is 7. The van der Waals surface area contributed by atoms with Crippen molar-refractivity contribution in [3.05, 3.63) is 176 Å². The Bertz CT molecular complexity index is 2800. The van der Waals surface area contributed by atoms with Crippen molar-refractivity contribution < 1.29 is 0 Å². The molecule has 3 aromatic heterocycles. The van der Waals surface area contributed by atoms with Crippen LogP contribution in [-0.2, 0) is 0 Å². The molecule has 0 unspecified atom stereocenters. The highest BCUT2D eigenvalue weighted by molar-refractivity contribution is 6.29. The van der Waals surface area contributed by atoms with Gasteiger partial charge in [-0.2, -0.15) is 0 Å². The molecular formula is C45H29N5. The summed E-state index contributed by atoms with van der Waals surface area (Å²) in [5.74, 6) is 1.91. The Labute approximate surface area is 288 Å². The Balaban J connectivity index is 1.28. The van der Waals surface area contributed by atoms with Gasteiger partial charge in [0.1, 0.15) is 0 Å². The number of hydrogen-bond donors (Lipinski definition) is 0. The monoisotopic (exact) mass is 639 g/mol. The van der Waals surface area contributed by atoms with E-state index in [1.54, 1.807) is 0 Å². The second-order valence-electron chi connectivity index (χ2n) is 12.4. The summed E-state index contributed by atoms with van der Waals surface area (Å²) in [6.07, 6.45) is 0. The molecule has 5 heteroatoms. The van der Waals surface area contributed by atoms with Gasteiger partial charge in [-0.15, -0.1) is 0 Å². The number of benzene rings is 7. The zero-order valence-corrected chi connectivity index (χ0v) is 27.0. The predicted octanol–water partition coefficient (Wildman–Crippen LogP) is 11.1. The molecule has 0 aliphatic heterocycles. The van der Waals surface area contributed by atoms with Gasteiger partial charge < -0.3 is 9.13 Å². The van der Waals surface area contributed by atoms with Crippen LogP contribution >= 0.6 is 0 Å². The van der Waals surface area contributed by atoms with Crippen molar-refractivity contribution in [2.75, 3.05) is 0 Å². The molecule has 0 spiro atoms. The van der Waals surface area contributed by atoms with Crippen molar-refractivity contribution in [1.29, 1.82) is 0 Å². The number of aromatic nitrogens is 5. The van der Waals surface area contributed by atoms with E-state index in [0.717, 1.165) is 39.1 Å². The van der Waals surface area contributed by atoms with Crippen LogP contribution in [0.3, 0.4) is 0 Å². The Morgan fingerprint density at radius 1 is 0.320 bits per heavy atom. The van der Waals surface area contributed by atoms with Gasteiger partial charge in [0.25, 0.3) is 0 Å². The van der Waals surface area contributed by atoms with E-state index in [9.17, 15) is 0 Å². The first-order chi connectivity index (χ1) is 24.8. The predicted molar refractivity (Wildman–Crippen MR) is 205 cm³/mol. The lowest BCUT2D eigenvalue weighted by atomic mass is 10.1. The van der Waals surface area contributed by atoms with Crippen molar-refractivity contribution in [3.63, 3.8) is 0 Å². The molecule has 0 bridgehead atoms. The average Bonchev–Trinajstić information content (AvgIpc) is 3.71. The molecule has 10 aromatic rings. The highest BCUT2D eigenvalue weighted by Gasteiger charge is 2.22. The van der Waals surface area contributed by atoms with Gasteiger partial charge >= 0.3 is 0 Å². The minimum absolute atomic E-state index is 0.626. The molecule has 7 aromatic carbocycles.